The van der Waals surface area contributed by atoms with Crippen LogP contribution >= 0.6 is 0 Å². The van der Waals surface area contributed by atoms with Crippen molar-refractivity contribution in [3.05, 3.63) is 76.7 Å². The number of hydrogen-bond acceptors (Lipinski definition) is 5. The van der Waals surface area contributed by atoms with Gasteiger partial charge in [0.05, 0.1) is 31.6 Å². The summed E-state index contributed by atoms with van der Waals surface area (Å²) in [4.78, 5) is 17.6. The van der Waals surface area contributed by atoms with Crippen LogP contribution in [0.1, 0.15) is 39.9 Å². The van der Waals surface area contributed by atoms with Crippen LogP contribution in [0, 0.1) is 18.7 Å². The van der Waals surface area contributed by atoms with Gasteiger partial charge in [-0.15, -0.1) is 0 Å². The van der Waals surface area contributed by atoms with E-state index in [4.69, 9.17) is 9.47 Å². The average molecular weight is 451 g/mol. The standard InChI is InChI=1S/C26H27FN2O4/c1-16-19(8-10-23(32-2)24(16)27)13-29-26(31)21-12-18(25-20(14-30)4-3-11-28-25)7-9-22(21)33-15-17-5-6-17/h3-4,7-12,17,30H,5-6,13-15H2,1-2H3,(H,29,31). The molecule has 0 radical (unpaired) electrons. The molecule has 0 unspecified atom stereocenters. The Labute approximate surface area is 192 Å². The normalized spacial score (nSPS) is 13.0. The molecule has 1 aliphatic carbocycles. The maximum absolute atomic E-state index is 14.4. The number of hydrogen-bond donors (Lipinski definition) is 2. The highest BCUT2D eigenvalue weighted by Gasteiger charge is 2.24. The number of nitrogens with zero attached hydrogens (tertiary/aromatic N) is 1. The summed E-state index contributed by atoms with van der Waals surface area (Å²) < 4.78 is 25.3. The smallest absolute Gasteiger partial charge is 0.255 e. The summed E-state index contributed by atoms with van der Waals surface area (Å²) in [6, 6.07) is 12.2. The minimum Gasteiger partial charge on any atom is -0.494 e. The van der Waals surface area contributed by atoms with Crippen molar-refractivity contribution in [3.63, 3.8) is 0 Å². The zero-order chi connectivity index (χ0) is 23.4. The molecule has 1 aliphatic rings. The van der Waals surface area contributed by atoms with Gasteiger partial charge in [0.1, 0.15) is 5.75 Å². The van der Waals surface area contributed by atoms with E-state index in [9.17, 15) is 14.3 Å². The predicted molar refractivity (Wildman–Crippen MR) is 123 cm³/mol. The molecule has 0 atom stereocenters. The quantitative estimate of drug-likeness (QED) is 0.505. The highest BCUT2D eigenvalue weighted by molar-refractivity contribution is 5.98. The van der Waals surface area contributed by atoms with Crippen molar-refractivity contribution < 1.29 is 23.8 Å². The minimum atomic E-state index is -0.439. The predicted octanol–water partition coefficient (Wildman–Crippen LogP) is 4.42. The van der Waals surface area contributed by atoms with Gasteiger partial charge in [-0.3, -0.25) is 9.78 Å². The number of aliphatic hydroxyl groups excluding tert-OH is 1. The van der Waals surface area contributed by atoms with Gasteiger partial charge in [-0.05, 0) is 67.1 Å². The van der Waals surface area contributed by atoms with Crippen molar-refractivity contribution >= 4 is 5.91 Å². The second-order valence-electron chi connectivity index (χ2n) is 8.18. The lowest BCUT2D eigenvalue weighted by Gasteiger charge is -2.15. The summed E-state index contributed by atoms with van der Waals surface area (Å²) in [5, 5.41) is 12.6. The first-order valence-corrected chi connectivity index (χ1v) is 10.9. The van der Waals surface area contributed by atoms with Gasteiger partial charge >= 0.3 is 0 Å². The van der Waals surface area contributed by atoms with E-state index in [2.05, 4.69) is 10.3 Å². The number of ether oxygens (including phenoxy) is 2. The van der Waals surface area contributed by atoms with Gasteiger partial charge in [0.2, 0.25) is 0 Å². The molecule has 1 heterocycles. The number of pyridine rings is 1. The molecule has 1 aromatic heterocycles. The van der Waals surface area contributed by atoms with E-state index in [1.807, 2.05) is 6.07 Å². The zero-order valence-corrected chi connectivity index (χ0v) is 18.7. The summed E-state index contributed by atoms with van der Waals surface area (Å²) in [7, 11) is 1.42. The number of carbonyl (C=O) groups excluding carboxylic acids is 1. The highest BCUT2D eigenvalue weighted by Crippen LogP contribution is 2.32. The Hall–Kier alpha value is -3.45. The number of aliphatic hydroxyl groups is 1. The van der Waals surface area contributed by atoms with E-state index < -0.39 is 5.82 Å². The number of methoxy groups -OCH3 is 1. The van der Waals surface area contributed by atoms with E-state index in [-0.39, 0.29) is 24.8 Å². The molecule has 2 aromatic carbocycles. The molecule has 7 heteroatoms. The van der Waals surface area contributed by atoms with Crippen LogP contribution in [-0.2, 0) is 13.2 Å². The van der Waals surface area contributed by atoms with Crippen molar-refractivity contribution in [2.75, 3.05) is 13.7 Å². The van der Waals surface area contributed by atoms with Crippen molar-refractivity contribution in [2.24, 2.45) is 5.92 Å². The van der Waals surface area contributed by atoms with Gasteiger partial charge in [0, 0.05) is 23.9 Å². The third kappa shape index (κ3) is 5.14. The fraction of sp³-hybridized carbons (Fsp3) is 0.308. The van der Waals surface area contributed by atoms with Crippen LogP contribution in [0.5, 0.6) is 11.5 Å². The number of benzene rings is 2. The van der Waals surface area contributed by atoms with Crippen LogP contribution in [0.2, 0.25) is 0 Å². The minimum absolute atomic E-state index is 0.156. The molecule has 4 rings (SSSR count). The molecule has 0 saturated heterocycles. The number of carbonyl (C=O) groups is 1. The van der Waals surface area contributed by atoms with Gasteiger partial charge in [0.15, 0.2) is 11.6 Å². The second kappa shape index (κ2) is 10.0. The molecule has 0 aliphatic heterocycles. The van der Waals surface area contributed by atoms with Gasteiger partial charge in [-0.2, -0.15) is 0 Å². The van der Waals surface area contributed by atoms with Crippen molar-refractivity contribution in [1.82, 2.24) is 10.3 Å². The molecule has 3 aromatic rings. The molecule has 1 amide bonds. The summed E-state index contributed by atoms with van der Waals surface area (Å²) in [5.41, 5.74) is 3.43. The number of aromatic nitrogens is 1. The maximum atomic E-state index is 14.4. The van der Waals surface area contributed by atoms with Crippen LogP contribution in [-0.4, -0.2) is 29.7 Å². The number of amides is 1. The van der Waals surface area contributed by atoms with E-state index >= 15 is 0 Å². The number of nitrogens with one attached hydrogen (secondary N) is 1. The fourth-order valence-electron chi connectivity index (χ4n) is 3.62. The van der Waals surface area contributed by atoms with E-state index in [0.717, 1.165) is 12.8 Å². The van der Waals surface area contributed by atoms with Crippen molar-refractivity contribution in [1.29, 1.82) is 0 Å². The van der Waals surface area contributed by atoms with E-state index in [1.54, 1.807) is 49.5 Å². The van der Waals surface area contributed by atoms with Gasteiger partial charge < -0.3 is 19.9 Å². The van der Waals surface area contributed by atoms with Gasteiger partial charge in [-0.25, -0.2) is 4.39 Å². The van der Waals surface area contributed by atoms with Crippen molar-refractivity contribution in [2.45, 2.75) is 32.9 Å². The molecular formula is C26H27FN2O4. The topological polar surface area (TPSA) is 80.7 Å². The van der Waals surface area contributed by atoms with Crippen LogP contribution in [0.4, 0.5) is 4.39 Å². The van der Waals surface area contributed by atoms with Crippen molar-refractivity contribution in [3.8, 4) is 22.8 Å². The summed E-state index contributed by atoms with van der Waals surface area (Å²) in [5.74, 6) is 0.414. The molecule has 33 heavy (non-hydrogen) atoms. The average Bonchev–Trinajstić information content (AvgIpc) is 3.68. The van der Waals surface area contributed by atoms with Crippen LogP contribution in [0.3, 0.4) is 0 Å². The van der Waals surface area contributed by atoms with E-state index in [1.165, 1.54) is 7.11 Å². The van der Waals surface area contributed by atoms with Crippen LogP contribution in [0.15, 0.2) is 48.7 Å². The molecule has 2 N–H and O–H groups in total. The molecule has 6 nitrogen and oxygen atoms in total. The summed E-state index contributed by atoms with van der Waals surface area (Å²) in [6.45, 7) is 2.21. The lowest BCUT2D eigenvalue weighted by Crippen LogP contribution is -2.24. The van der Waals surface area contributed by atoms with Crippen LogP contribution < -0.4 is 14.8 Å². The zero-order valence-electron chi connectivity index (χ0n) is 18.7. The van der Waals surface area contributed by atoms with Crippen LogP contribution in [0.25, 0.3) is 11.3 Å². The Bertz CT molecular complexity index is 1160. The first-order chi connectivity index (χ1) is 16.0. The lowest BCUT2D eigenvalue weighted by molar-refractivity contribution is 0.0946. The van der Waals surface area contributed by atoms with E-state index in [0.29, 0.717) is 51.8 Å². The third-order valence-corrected chi connectivity index (χ3v) is 5.85. The lowest BCUT2D eigenvalue weighted by atomic mass is 10.0. The summed E-state index contributed by atoms with van der Waals surface area (Å²) >= 11 is 0. The van der Waals surface area contributed by atoms with Gasteiger partial charge in [-0.1, -0.05) is 12.1 Å². The number of rotatable bonds is 9. The first kappa shape index (κ1) is 22.7. The molecule has 0 bridgehead atoms. The van der Waals surface area contributed by atoms with Gasteiger partial charge in [0.25, 0.3) is 5.91 Å². The Balaban J connectivity index is 1.60. The monoisotopic (exact) mass is 450 g/mol. The maximum Gasteiger partial charge on any atom is 0.255 e. The molecular weight excluding hydrogens is 423 g/mol. The Kier molecular flexibility index (Phi) is 6.89. The Morgan fingerprint density at radius 3 is 2.70 bits per heavy atom. The molecule has 0 spiro atoms. The third-order valence-electron chi connectivity index (χ3n) is 5.85. The Morgan fingerprint density at radius 2 is 1.97 bits per heavy atom. The molecule has 172 valence electrons. The first-order valence-electron chi connectivity index (χ1n) is 10.9. The second-order valence-corrected chi connectivity index (χ2v) is 8.18. The number of halogens is 1. The highest BCUT2D eigenvalue weighted by atomic mass is 19.1. The largest absolute Gasteiger partial charge is 0.494 e. The molecule has 1 fully saturated rings. The fourth-order valence-corrected chi connectivity index (χ4v) is 3.62. The Morgan fingerprint density at radius 1 is 1.18 bits per heavy atom. The molecule has 1 saturated carbocycles. The summed E-state index contributed by atoms with van der Waals surface area (Å²) in [6.07, 6.45) is 3.91. The SMILES string of the molecule is COc1ccc(CNC(=O)c2cc(-c3ncccc3CO)ccc2OCC2CC2)c(C)c1F.